The predicted molar refractivity (Wildman–Crippen MR) is 3.59 cm³/mol. The van der Waals surface area contributed by atoms with E-state index in [-0.39, 0.29) is 32.7 Å². The summed E-state index contributed by atoms with van der Waals surface area (Å²) >= 11 is -3.69. The Labute approximate surface area is 59.0 Å². The van der Waals surface area contributed by atoms with Crippen LogP contribution in [0.5, 0.6) is 0 Å². The third kappa shape index (κ3) is 35.5. The molecule has 0 amide bonds. The van der Waals surface area contributed by atoms with Crippen LogP contribution in [0.4, 0.5) is 0 Å². The average molecular weight is 189 g/mol. The molecular weight excluding hydrogens is 188 g/mol. The summed E-state index contributed by atoms with van der Waals surface area (Å²) in [4.78, 5) is 0. The van der Waals surface area contributed by atoms with Gasteiger partial charge in [0.25, 0.3) is 0 Å². The van der Waals surface area contributed by atoms with Crippen molar-refractivity contribution in [2.45, 2.75) is 0 Å². The summed E-state index contributed by atoms with van der Waals surface area (Å²) < 4.78 is 24.4. The maximum atomic E-state index is 8.67. The van der Waals surface area contributed by atoms with Gasteiger partial charge in [-0.05, 0) is 0 Å². The molecule has 0 aromatic carbocycles. The fourth-order valence-corrected chi connectivity index (χ4v) is 0. The largest absolute Gasteiger partial charge is 0 e. The van der Waals surface area contributed by atoms with Crippen molar-refractivity contribution in [1.82, 2.24) is 0 Å². The van der Waals surface area contributed by atoms with E-state index in [0.717, 1.165) is 0 Å². The van der Waals surface area contributed by atoms with Crippen LogP contribution < -0.4 is 0 Å². The monoisotopic (exact) mass is 189 g/mol. The van der Waals surface area contributed by atoms with Crippen molar-refractivity contribution >= 4 is 0 Å². The van der Waals surface area contributed by atoms with Crippen molar-refractivity contribution in [1.29, 1.82) is 0 Å². The van der Waals surface area contributed by atoms with Gasteiger partial charge in [0.05, 0.1) is 0 Å². The normalized spacial score (nSPS) is 5.00. The minimum Gasteiger partial charge on any atom is 0 e. The van der Waals surface area contributed by atoms with Crippen LogP contribution in [0.1, 0.15) is 0 Å². The van der Waals surface area contributed by atoms with Gasteiger partial charge in [-0.15, -0.1) is 0 Å². The van der Waals surface area contributed by atoms with Gasteiger partial charge in [-0.1, -0.05) is 0 Å². The van der Waals surface area contributed by atoms with Crippen LogP contribution in [0.3, 0.4) is 0 Å². The van der Waals surface area contributed by atoms with Gasteiger partial charge in [0.1, 0.15) is 0 Å². The molecule has 0 aliphatic rings. The second-order valence-corrected chi connectivity index (χ2v) is 0.981. The molecule has 0 rings (SSSR count). The van der Waals surface area contributed by atoms with Gasteiger partial charge in [-0.2, -0.15) is 0 Å². The SMILES string of the molecule is [O]=[V](=[O])[OH].[Y]. The van der Waals surface area contributed by atoms with Gasteiger partial charge in [-0.25, -0.2) is 0 Å². The zero-order valence-corrected chi connectivity index (χ0v) is 6.52. The van der Waals surface area contributed by atoms with Crippen molar-refractivity contribution in [2.24, 2.45) is 0 Å². The third-order valence-electron chi connectivity index (χ3n) is 0. The molecule has 5 heavy (non-hydrogen) atoms. The molecule has 0 fully saturated rings. The first-order valence-corrected chi connectivity index (χ1v) is 2.33. The molecular formula is HO3VY. The Morgan fingerprint density at radius 1 is 1.40 bits per heavy atom. The maximum absolute atomic E-state index is 8.67. The predicted octanol–water partition coefficient (Wildman–Crippen LogP) is -0.800. The maximum Gasteiger partial charge on any atom is 0 e. The van der Waals surface area contributed by atoms with Crippen molar-refractivity contribution in [3.05, 3.63) is 0 Å². The van der Waals surface area contributed by atoms with E-state index in [9.17, 15) is 0 Å². The Morgan fingerprint density at radius 2 is 1.40 bits per heavy atom. The molecule has 0 unspecified atom stereocenters. The van der Waals surface area contributed by atoms with E-state index in [1.165, 1.54) is 0 Å². The van der Waals surface area contributed by atoms with Gasteiger partial charge < -0.3 is 0 Å². The average Bonchev–Trinajstić information content (AvgIpc) is 0.811. The third-order valence-corrected chi connectivity index (χ3v) is 0. The van der Waals surface area contributed by atoms with Crippen molar-refractivity contribution in [2.75, 3.05) is 0 Å². The summed E-state index contributed by atoms with van der Waals surface area (Å²) in [7, 11) is 0. The molecule has 27 valence electrons. The second-order valence-electron chi connectivity index (χ2n) is 0.238. The first kappa shape index (κ1) is 9.54. The summed E-state index contributed by atoms with van der Waals surface area (Å²) in [5, 5.41) is 0. The molecule has 0 aromatic rings. The standard InChI is InChI=1S/H2O.2O.V.Y/h1H2;;;;/q;;;+1;/p-1. The summed E-state index contributed by atoms with van der Waals surface area (Å²) in [6.45, 7) is 0. The van der Waals surface area contributed by atoms with E-state index in [1.54, 1.807) is 0 Å². The molecule has 1 N–H and O–H groups in total. The van der Waals surface area contributed by atoms with E-state index in [1.807, 2.05) is 0 Å². The first-order chi connectivity index (χ1) is 1.73. The van der Waals surface area contributed by atoms with Crippen molar-refractivity contribution in [3.8, 4) is 0 Å². The van der Waals surface area contributed by atoms with Crippen LogP contribution in [-0.4, -0.2) is 4.03 Å². The summed E-state index contributed by atoms with van der Waals surface area (Å²) in [5.41, 5.74) is 0. The van der Waals surface area contributed by atoms with E-state index >= 15 is 0 Å². The number of hydrogen-bond acceptors (Lipinski definition) is 2. The number of rotatable bonds is 0. The second kappa shape index (κ2) is 5.25. The Kier molecular flexibility index (Phi) is 10.0. The van der Waals surface area contributed by atoms with Crippen LogP contribution in [0.2, 0.25) is 0 Å². The van der Waals surface area contributed by atoms with Crippen LogP contribution >= 0.6 is 0 Å². The minimum atomic E-state index is -3.69. The van der Waals surface area contributed by atoms with E-state index < -0.39 is 15.4 Å². The first-order valence-electron chi connectivity index (χ1n) is 0.565. The quantitative estimate of drug-likeness (QED) is 0.542. The van der Waals surface area contributed by atoms with Gasteiger partial charge >= 0.3 is 26.8 Å². The van der Waals surface area contributed by atoms with Crippen LogP contribution in [0.25, 0.3) is 0 Å². The molecule has 0 aromatic heterocycles. The van der Waals surface area contributed by atoms with E-state index in [0.29, 0.717) is 0 Å². The summed E-state index contributed by atoms with van der Waals surface area (Å²) in [6, 6.07) is 0. The Balaban J connectivity index is 0. The Hall–Kier alpha value is 1.25. The van der Waals surface area contributed by atoms with Gasteiger partial charge in [-0.3, -0.25) is 0 Å². The molecule has 0 spiro atoms. The molecule has 3 nitrogen and oxygen atoms in total. The molecule has 0 aliphatic heterocycles. The number of hydrogen-bond donors (Lipinski definition) is 1. The Bertz CT molecular complexity index is 55.3. The van der Waals surface area contributed by atoms with E-state index in [4.69, 9.17) is 11.4 Å². The van der Waals surface area contributed by atoms with E-state index in [2.05, 4.69) is 0 Å². The molecule has 0 heterocycles. The molecule has 0 atom stereocenters. The topological polar surface area (TPSA) is 54.4 Å². The van der Waals surface area contributed by atoms with Gasteiger partial charge in [0.15, 0.2) is 0 Å². The molecule has 0 aliphatic carbocycles. The minimum absolute atomic E-state index is 0. The smallest absolute Gasteiger partial charge is 0 e. The molecule has 0 saturated heterocycles. The fourth-order valence-electron chi connectivity index (χ4n) is 0. The molecule has 5 heteroatoms. The fraction of sp³-hybridized carbons (Fsp3) is 0. The van der Waals surface area contributed by atoms with Crippen molar-refractivity contribution in [3.63, 3.8) is 0 Å². The zero-order valence-electron chi connectivity index (χ0n) is 2.29. The van der Waals surface area contributed by atoms with Gasteiger partial charge in [0, 0.05) is 32.7 Å². The van der Waals surface area contributed by atoms with Crippen LogP contribution in [-0.2, 0) is 55.5 Å². The molecule has 1 radical (unpaired) electrons. The van der Waals surface area contributed by atoms with Crippen LogP contribution in [0.15, 0.2) is 0 Å². The Morgan fingerprint density at radius 3 is 1.40 bits per heavy atom. The summed E-state index contributed by atoms with van der Waals surface area (Å²) in [6.07, 6.45) is 0. The van der Waals surface area contributed by atoms with Crippen LogP contribution in [0, 0.1) is 0 Å². The molecule has 0 bridgehead atoms. The van der Waals surface area contributed by atoms with Crippen molar-refractivity contribution < 1.29 is 59.5 Å². The zero-order chi connectivity index (χ0) is 3.58. The summed E-state index contributed by atoms with van der Waals surface area (Å²) in [5.74, 6) is 0. The molecule has 0 saturated carbocycles. The van der Waals surface area contributed by atoms with Gasteiger partial charge in [0.2, 0.25) is 0 Å².